The molecule has 1 fully saturated rings. The summed E-state index contributed by atoms with van der Waals surface area (Å²) in [4.78, 5) is 4.46. The Morgan fingerprint density at radius 1 is 1.15 bits per heavy atom. The summed E-state index contributed by atoms with van der Waals surface area (Å²) in [5.41, 5.74) is 9.94. The van der Waals surface area contributed by atoms with Crippen LogP contribution in [0.25, 0.3) is 0 Å². The molecule has 0 heterocycles. The van der Waals surface area contributed by atoms with Crippen LogP contribution in [0.15, 0.2) is 47.5 Å². The summed E-state index contributed by atoms with van der Waals surface area (Å²) < 4.78 is 10.6. The number of hydrogen-bond acceptors (Lipinski definition) is 3. The first-order chi connectivity index (χ1) is 12.6. The molecule has 3 N–H and O–H groups in total. The monoisotopic (exact) mass is 481 g/mol. The van der Waals surface area contributed by atoms with Crippen LogP contribution in [0.4, 0.5) is 0 Å². The molecule has 0 amide bonds. The molecule has 1 aliphatic rings. The molecule has 2 aromatic rings. The molecule has 1 aliphatic carbocycles. The lowest BCUT2D eigenvalue weighted by molar-refractivity contribution is 0.354. The molecule has 27 heavy (non-hydrogen) atoms. The number of aliphatic imine (C=N–C) groups is 1. The lowest BCUT2D eigenvalue weighted by atomic mass is 10.0. The number of ether oxygens (including phenoxy) is 2. The van der Waals surface area contributed by atoms with Crippen molar-refractivity contribution < 1.29 is 9.47 Å². The van der Waals surface area contributed by atoms with Crippen LogP contribution < -0.4 is 20.5 Å². The molecule has 0 saturated heterocycles. The Hall–Kier alpha value is -1.96. The highest BCUT2D eigenvalue weighted by Crippen LogP contribution is 2.41. The summed E-state index contributed by atoms with van der Waals surface area (Å²) in [5, 5.41) is 3.34. The second-order valence-electron chi connectivity index (χ2n) is 6.66. The fourth-order valence-electron chi connectivity index (χ4n) is 3.28. The first kappa shape index (κ1) is 21.3. The van der Waals surface area contributed by atoms with E-state index in [-0.39, 0.29) is 24.0 Å². The van der Waals surface area contributed by atoms with E-state index in [4.69, 9.17) is 15.2 Å². The Balaban J connectivity index is 0.00000261. The van der Waals surface area contributed by atoms with Crippen molar-refractivity contribution in [3.63, 3.8) is 0 Å². The molecule has 0 spiro atoms. The molecule has 2 atom stereocenters. The summed E-state index contributed by atoms with van der Waals surface area (Å²) in [5.74, 6) is 2.53. The van der Waals surface area contributed by atoms with Crippen molar-refractivity contribution >= 4 is 29.9 Å². The lowest BCUT2D eigenvalue weighted by Gasteiger charge is -2.09. The molecule has 2 aromatic carbocycles. The summed E-state index contributed by atoms with van der Waals surface area (Å²) >= 11 is 0. The topological polar surface area (TPSA) is 68.9 Å². The average molecular weight is 481 g/mol. The molecule has 1 saturated carbocycles. The zero-order chi connectivity index (χ0) is 18.5. The van der Waals surface area contributed by atoms with E-state index in [0.717, 1.165) is 29.9 Å². The number of halogens is 1. The van der Waals surface area contributed by atoms with Crippen LogP contribution in [-0.2, 0) is 6.42 Å². The molecule has 5 nitrogen and oxygen atoms in total. The maximum absolute atomic E-state index is 6.05. The SMILES string of the molecule is COc1ccc(CCN=C(N)NC2CC2c2ccccc2C)cc1OC.I. The van der Waals surface area contributed by atoms with Crippen LogP contribution in [0.2, 0.25) is 0 Å². The third kappa shape index (κ3) is 5.51. The van der Waals surface area contributed by atoms with E-state index >= 15 is 0 Å². The average Bonchev–Trinajstić information content (AvgIpc) is 3.40. The molecule has 0 bridgehead atoms. The Morgan fingerprint density at radius 3 is 2.59 bits per heavy atom. The molecule has 0 aromatic heterocycles. The van der Waals surface area contributed by atoms with Crippen LogP contribution in [0.5, 0.6) is 11.5 Å². The van der Waals surface area contributed by atoms with Crippen molar-refractivity contribution in [3.05, 3.63) is 59.2 Å². The highest BCUT2D eigenvalue weighted by molar-refractivity contribution is 14.0. The Labute approximate surface area is 178 Å². The van der Waals surface area contributed by atoms with E-state index < -0.39 is 0 Å². The minimum atomic E-state index is 0. The number of hydrogen-bond donors (Lipinski definition) is 2. The van der Waals surface area contributed by atoms with Gasteiger partial charge >= 0.3 is 0 Å². The van der Waals surface area contributed by atoms with Gasteiger partial charge in [0, 0.05) is 18.5 Å². The first-order valence-electron chi connectivity index (χ1n) is 8.95. The molecule has 2 unspecified atom stereocenters. The molecule has 0 radical (unpaired) electrons. The van der Waals surface area contributed by atoms with E-state index in [1.165, 1.54) is 11.1 Å². The van der Waals surface area contributed by atoms with Gasteiger partial charge in [0.1, 0.15) is 0 Å². The predicted molar refractivity (Wildman–Crippen MR) is 121 cm³/mol. The van der Waals surface area contributed by atoms with Gasteiger partial charge in [-0.3, -0.25) is 4.99 Å². The first-order valence-corrected chi connectivity index (χ1v) is 8.95. The third-order valence-electron chi connectivity index (χ3n) is 4.84. The van der Waals surface area contributed by atoms with Crippen molar-refractivity contribution in [3.8, 4) is 11.5 Å². The number of nitrogens with one attached hydrogen (secondary N) is 1. The number of benzene rings is 2. The van der Waals surface area contributed by atoms with Gasteiger partial charge in [-0.1, -0.05) is 30.3 Å². The number of rotatable bonds is 7. The van der Waals surface area contributed by atoms with Crippen LogP contribution in [-0.4, -0.2) is 32.8 Å². The quantitative estimate of drug-likeness (QED) is 0.360. The number of aryl methyl sites for hydroxylation is 1. The smallest absolute Gasteiger partial charge is 0.188 e. The van der Waals surface area contributed by atoms with Gasteiger partial charge in [-0.05, 0) is 48.6 Å². The van der Waals surface area contributed by atoms with Crippen LogP contribution in [0, 0.1) is 6.92 Å². The minimum Gasteiger partial charge on any atom is -0.493 e. The van der Waals surface area contributed by atoms with E-state index in [9.17, 15) is 0 Å². The lowest BCUT2D eigenvalue weighted by Crippen LogP contribution is -2.34. The second kappa shape index (κ2) is 9.82. The second-order valence-corrected chi connectivity index (χ2v) is 6.66. The fourth-order valence-corrected chi connectivity index (χ4v) is 3.28. The molecule has 146 valence electrons. The van der Waals surface area contributed by atoms with E-state index in [0.29, 0.717) is 24.5 Å². The highest BCUT2D eigenvalue weighted by atomic mass is 127. The maximum Gasteiger partial charge on any atom is 0.188 e. The van der Waals surface area contributed by atoms with Gasteiger partial charge in [-0.2, -0.15) is 0 Å². The van der Waals surface area contributed by atoms with Crippen molar-refractivity contribution in [2.24, 2.45) is 10.7 Å². The standard InChI is InChI=1S/C21H27N3O2.HI/c1-14-6-4-5-7-16(14)17-13-18(17)24-21(22)23-11-10-15-8-9-19(25-2)20(12-15)26-3;/h4-9,12,17-18H,10-11,13H2,1-3H3,(H3,22,23,24);1H. The van der Waals surface area contributed by atoms with Crippen LogP contribution in [0.3, 0.4) is 0 Å². The maximum atomic E-state index is 6.05. The van der Waals surface area contributed by atoms with Crippen LogP contribution >= 0.6 is 24.0 Å². The predicted octanol–water partition coefficient (Wildman–Crippen LogP) is 3.63. The Morgan fingerprint density at radius 2 is 1.89 bits per heavy atom. The van der Waals surface area contributed by atoms with E-state index in [1.807, 2.05) is 18.2 Å². The van der Waals surface area contributed by atoms with Crippen molar-refractivity contribution in [2.45, 2.75) is 31.7 Å². The number of guanidine groups is 1. The molecule has 0 aliphatic heterocycles. The summed E-state index contributed by atoms with van der Waals surface area (Å²) in [6.07, 6.45) is 1.91. The zero-order valence-electron chi connectivity index (χ0n) is 16.1. The van der Waals surface area contributed by atoms with E-state index in [2.05, 4.69) is 41.5 Å². The molecule has 6 heteroatoms. The zero-order valence-corrected chi connectivity index (χ0v) is 18.4. The Bertz CT molecular complexity index is 795. The summed E-state index contributed by atoms with van der Waals surface area (Å²) in [6, 6.07) is 14.8. The highest BCUT2D eigenvalue weighted by Gasteiger charge is 2.39. The summed E-state index contributed by atoms with van der Waals surface area (Å²) in [7, 11) is 3.28. The Kier molecular flexibility index (Phi) is 7.77. The van der Waals surface area contributed by atoms with Gasteiger partial charge in [0.05, 0.1) is 14.2 Å². The minimum absolute atomic E-state index is 0. The van der Waals surface area contributed by atoms with Crippen molar-refractivity contribution in [1.29, 1.82) is 0 Å². The third-order valence-corrected chi connectivity index (χ3v) is 4.84. The van der Waals surface area contributed by atoms with Gasteiger partial charge in [-0.25, -0.2) is 0 Å². The molecule has 3 rings (SSSR count). The van der Waals surface area contributed by atoms with Gasteiger partial charge in [0.2, 0.25) is 0 Å². The van der Waals surface area contributed by atoms with Gasteiger partial charge in [0.15, 0.2) is 17.5 Å². The fraction of sp³-hybridized carbons (Fsp3) is 0.381. The van der Waals surface area contributed by atoms with Crippen LogP contribution in [0.1, 0.15) is 29.0 Å². The number of methoxy groups -OCH3 is 2. The van der Waals surface area contributed by atoms with Gasteiger partial charge in [-0.15, -0.1) is 24.0 Å². The molecular formula is C21H28IN3O2. The summed E-state index contributed by atoms with van der Waals surface area (Å²) in [6.45, 7) is 2.79. The van der Waals surface area contributed by atoms with Crippen molar-refractivity contribution in [1.82, 2.24) is 5.32 Å². The van der Waals surface area contributed by atoms with Crippen molar-refractivity contribution in [2.75, 3.05) is 20.8 Å². The largest absolute Gasteiger partial charge is 0.493 e. The van der Waals surface area contributed by atoms with Gasteiger partial charge in [0.25, 0.3) is 0 Å². The number of nitrogens with two attached hydrogens (primary N) is 1. The van der Waals surface area contributed by atoms with Gasteiger partial charge < -0.3 is 20.5 Å². The molecular weight excluding hydrogens is 453 g/mol. The van der Waals surface area contributed by atoms with E-state index in [1.54, 1.807) is 14.2 Å². The number of nitrogens with zero attached hydrogens (tertiary/aromatic N) is 1. The normalized spacial score (nSPS) is 18.4.